The fourth-order valence-corrected chi connectivity index (χ4v) is 5.50. The molecule has 2 aliphatic rings. The monoisotopic (exact) mass is 445 g/mol. The Morgan fingerprint density at radius 2 is 1.79 bits per heavy atom. The fourth-order valence-electron chi connectivity index (χ4n) is 5.50. The van der Waals surface area contributed by atoms with Gasteiger partial charge < -0.3 is 16.4 Å². The highest BCUT2D eigenvalue weighted by Crippen LogP contribution is 2.45. The summed E-state index contributed by atoms with van der Waals surface area (Å²) < 4.78 is 1.72. The maximum atomic E-state index is 12.6. The van der Waals surface area contributed by atoms with E-state index < -0.39 is 5.91 Å². The van der Waals surface area contributed by atoms with Crippen LogP contribution in [0.3, 0.4) is 0 Å². The van der Waals surface area contributed by atoms with Crippen LogP contribution in [0.5, 0.6) is 0 Å². The number of amides is 2. The molecule has 2 heterocycles. The van der Waals surface area contributed by atoms with Crippen LogP contribution in [0.1, 0.15) is 55.3 Å². The zero-order valence-electron chi connectivity index (χ0n) is 18.8. The van der Waals surface area contributed by atoms with Crippen LogP contribution in [-0.4, -0.2) is 34.7 Å². The van der Waals surface area contributed by atoms with Gasteiger partial charge in [0, 0.05) is 23.7 Å². The van der Waals surface area contributed by atoms with Crippen molar-refractivity contribution in [1.29, 1.82) is 0 Å². The van der Waals surface area contributed by atoms with E-state index in [4.69, 9.17) is 5.73 Å². The number of carbonyl (C=O) groups excluding carboxylic acids is 2. The van der Waals surface area contributed by atoms with Crippen LogP contribution in [0.4, 0.5) is 5.69 Å². The number of fused-ring (bicyclic) bond motifs is 1. The lowest BCUT2D eigenvalue weighted by atomic mass is 9.65. The number of nitrogens with one attached hydrogen (secondary N) is 2. The van der Waals surface area contributed by atoms with Gasteiger partial charge in [0.1, 0.15) is 5.52 Å². The molecule has 5 rings (SSSR count). The second-order valence-electron chi connectivity index (χ2n) is 9.67. The van der Waals surface area contributed by atoms with Gasteiger partial charge in [-0.2, -0.15) is 5.10 Å². The molecule has 3 aromatic rings. The van der Waals surface area contributed by atoms with Gasteiger partial charge in [-0.15, -0.1) is 0 Å². The molecule has 1 aliphatic heterocycles. The lowest BCUT2D eigenvalue weighted by Gasteiger charge is -2.43. The minimum absolute atomic E-state index is 0.0879. The van der Waals surface area contributed by atoms with Crippen molar-refractivity contribution in [2.24, 2.45) is 17.1 Å². The first kappa shape index (κ1) is 21.6. The zero-order chi connectivity index (χ0) is 22.8. The van der Waals surface area contributed by atoms with Crippen LogP contribution >= 0.6 is 0 Å². The average molecular weight is 446 g/mol. The Morgan fingerprint density at radius 1 is 1.06 bits per heavy atom. The molecule has 0 atom stereocenters. The van der Waals surface area contributed by atoms with E-state index >= 15 is 0 Å². The molecule has 0 bridgehead atoms. The van der Waals surface area contributed by atoms with Crippen molar-refractivity contribution in [1.82, 2.24) is 15.1 Å². The van der Waals surface area contributed by atoms with Gasteiger partial charge in [-0.1, -0.05) is 12.1 Å². The third kappa shape index (κ3) is 4.64. The van der Waals surface area contributed by atoms with Gasteiger partial charge in [0.25, 0.3) is 5.91 Å². The highest BCUT2D eigenvalue weighted by atomic mass is 16.2. The maximum absolute atomic E-state index is 12.6. The first-order valence-electron chi connectivity index (χ1n) is 11.9. The van der Waals surface area contributed by atoms with Gasteiger partial charge in [0.2, 0.25) is 5.91 Å². The highest BCUT2D eigenvalue weighted by molar-refractivity contribution is 6.04. The number of nitrogens with zero attached hydrogens (tertiary/aromatic N) is 2. The Kier molecular flexibility index (Phi) is 5.89. The number of nitrogens with two attached hydrogens (primary N) is 1. The van der Waals surface area contributed by atoms with Crippen LogP contribution in [0.25, 0.3) is 16.6 Å². The Balaban J connectivity index is 1.19. The molecule has 0 unspecified atom stereocenters. The smallest absolute Gasteiger partial charge is 0.250 e. The molecular weight excluding hydrogens is 414 g/mol. The molecule has 1 saturated carbocycles. The number of hydrogen-bond acceptors (Lipinski definition) is 4. The second-order valence-corrected chi connectivity index (χ2v) is 9.67. The van der Waals surface area contributed by atoms with Crippen molar-refractivity contribution >= 4 is 28.4 Å². The van der Waals surface area contributed by atoms with E-state index in [-0.39, 0.29) is 5.91 Å². The normalized spacial score (nSPS) is 18.4. The second kappa shape index (κ2) is 8.98. The number of carbonyl (C=O) groups is 2. The van der Waals surface area contributed by atoms with Crippen LogP contribution < -0.4 is 16.4 Å². The third-order valence-electron chi connectivity index (χ3n) is 7.52. The lowest BCUT2D eigenvalue weighted by Crippen LogP contribution is -2.39. The number of primary amides is 1. The van der Waals surface area contributed by atoms with Crippen LogP contribution in [0.15, 0.2) is 48.7 Å². The molecule has 7 heteroatoms. The van der Waals surface area contributed by atoms with Crippen molar-refractivity contribution in [2.45, 2.75) is 44.9 Å². The predicted molar refractivity (Wildman–Crippen MR) is 129 cm³/mol. The van der Waals surface area contributed by atoms with Crippen molar-refractivity contribution in [3.05, 3.63) is 54.2 Å². The number of piperidine rings is 1. The molecule has 7 nitrogen and oxygen atoms in total. The van der Waals surface area contributed by atoms with E-state index in [0.29, 0.717) is 28.8 Å². The maximum Gasteiger partial charge on any atom is 0.250 e. The van der Waals surface area contributed by atoms with Crippen LogP contribution in [0.2, 0.25) is 0 Å². The Hall–Kier alpha value is -3.19. The molecule has 2 amide bonds. The molecule has 1 aromatic heterocycles. The van der Waals surface area contributed by atoms with Crippen molar-refractivity contribution in [3.63, 3.8) is 0 Å². The summed E-state index contributed by atoms with van der Waals surface area (Å²) in [6.45, 7) is 2.28. The fraction of sp³-hybridized carbons (Fsp3) is 0.423. The van der Waals surface area contributed by atoms with E-state index in [1.165, 1.54) is 25.7 Å². The summed E-state index contributed by atoms with van der Waals surface area (Å²) in [4.78, 5) is 24.3. The van der Waals surface area contributed by atoms with Gasteiger partial charge in [0.05, 0.1) is 11.3 Å². The predicted octanol–water partition coefficient (Wildman–Crippen LogP) is 4.01. The van der Waals surface area contributed by atoms with E-state index in [1.807, 2.05) is 36.5 Å². The number of aromatic nitrogens is 2. The minimum Gasteiger partial charge on any atom is -0.366 e. The van der Waals surface area contributed by atoms with Gasteiger partial charge in [0.15, 0.2) is 0 Å². The molecule has 4 N–H and O–H groups in total. The van der Waals surface area contributed by atoms with Crippen molar-refractivity contribution in [2.75, 3.05) is 18.4 Å². The molecule has 1 aliphatic carbocycles. The summed E-state index contributed by atoms with van der Waals surface area (Å²) in [5.41, 5.74) is 8.62. The molecule has 0 radical (unpaired) electrons. The van der Waals surface area contributed by atoms with Gasteiger partial charge in [-0.3, -0.25) is 9.59 Å². The Bertz CT molecular complexity index is 1150. The zero-order valence-corrected chi connectivity index (χ0v) is 18.8. The van der Waals surface area contributed by atoms with Gasteiger partial charge in [-0.25, -0.2) is 4.68 Å². The number of hydrogen-bond donors (Lipinski definition) is 3. The molecule has 1 saturated heterocycles. The first-order valence-corrected chi connectivity index (χ1v) is 11.9. The molecular formula is C26H31N5O2. The van der Waals surface area contributed by atoms with Crippen LogP contribution in [-0.2, 0) is 4.79 Å². The summed E-state index contributed by atoms with van der Waals surface area (Å²) in [6.07, 6.45) is 9.87. The van der Waals surface area contributed by atoms with E-state index in [0.717, 1.165) is 42.7 Å². The standard InChI is InChI=1S/C26H31N5O2/c27-25(33)22-3-1-2-19-17-31(30-24(19)22)21-6-4-20(5-7-21)29-23(32)16-18-8-10-26(11-9-18)12-14-28-15-13-26/h1-7,17-18,28H,8-16H2,(H2,27,33)(H,29,32). The van der Waals surface area contributed by atoms with Crippen molar-refractivity contribution < 1.29 is 9.59 Å². The Morgan fingerprint density at radius 3 is 2.48 bits per heavy atom. The van der Waals surface area contributed by atoms with E-state index in [9.17, 15) is 9.59 Å². The summed E-state index contributed by atoms with van der Waals surface area (Å²) >= 11 is 0. The van der Waals surface area contributed by atoms with E-state index in [2.05, 4.69) is 15.7 Å². The van der Waals surface area contributed by atoms with Gasteiger partial charge in [-0.05, 0) is 93.3 Å². The summed E-state index contributed by atoms with van der Waals surface area (Å²) in [7, 11) is 0. The summed E-state index contributed by atoms with van der Waals surface area (Å²) in [5.74, 6) is 0.0819. The van der Waals surface area contributed by atoms with Crippen LogP contribution in [0, 0.1) is 11.3 Å². The summed E-state index contributed by atoms with van der Waals surface area (Å²) in [6, 6.07) is 13.0. The third-order valence-corrected chi connectivity index (χ3v) is 7.52. The number of rotatable bonds is 5. The largest absolute Gasteiger partial charge is 0.366 e. The molecule has 33 heavy (non-hydrogen) atoms. The molecule has 2 aromatic carbocycles. The Labute approximate surface area is 193 Å². The average Bonchev–Trinajstić information content (AvgIpc) is 3.26. The van der Waals surface area contributed by atoms with Gasteiger partial charge >= 0.3 is 0 Å². The minimum atomic E-state index is -0.493. The SMILES string of the molecule is NC(=O)c1cccc2cn(-c3ccc(NC(=O)CC4CCC5(CCNCC5)CC4)cc3)nc12. The first-order chi connectivity index (χ1) is 16.0. The molecule has 1 spiro atoms. The molecule has 2 fully saturated rings. The number of benzene rings is 2. The van der Waals surface area contributed by atoms with Crippen molar-refractivity contribution in [3.8, 4) is 5.69 Å². The summed E-state index contributed by atoms with van der Waals surface area (Å²) in [5, 5.41) is 11.9. The highest BCUT2D eigenvalue weighted by Gasteiger charge is 2.36. The topological polar surface area (TPSA) is 102 Å². The van der Waals surface area contributed by atoms with E-state index in [1.54, 1.807) is 16.8 Å². The quantitative estimate of drug-likeness (QED) is 0.552. The number of anilines is 1. The lowest BCUT2D eigenvalue weighted by molar-refractivity contribution is -0.117. The molecule has 172 valence electrons.